The number of carbonyl (C=O) groups is 3. The minimum Gasteiger partial charge on any atom is -0.454 e. The summed E-state index contributed by atoms with van der Waals surface area (Å²) in [6.07, 6.45) is 0. The Morgan fingerprint density at radius 1 is 0.966 bits per heavy atom. The summed E-state index contributed by atoms with van der Waals surface area (Å²) < 4.78 is 44.3. The van der Waals surface area contributed by atoms with Crippen molar-refractivity contribution in [2.24, 2.45) is 5.92 Å². The molecule has 29 heavy (non-hydrogen) atoms. The molecule has 0 aliphatic heterocycles. The van der Waals surface area contributed by atoms with Crippen LogP contribution in [0.25, 0.3) is 0 Å². The molecule has 0 bridgehead atoms. The Hall–Kier alpha value is -3.36. The van der Waals surface area contributed by atoms with Crippen molar-refractivity contribution in [2.75, 3.05) is 11.9 Å². The molecule has 1 atom stereocenters. The monoisotopic (exact) mass is 408 g/mol. The summed E-state index contributed by atoms with van der Waals surface area (Å²) in [7, 11) is 0. The molecule has 0 saturated heterocycles. The van der Waals surface area contributed by atoms with E-state index in [1.54, 1.807) is 13.8 Å². The Balaban J connectivity index is 1.94. The lowest BCUT2D eigenvalue weighted by Gasteiger charge is -2.20. The Labute approximate surface area is 165 Å². The number of carbonyl (C=O) groups excluding carboxylic acids is 3. The van der Waals surface area contributed by atoms with Crippen molar-refractivity contribution in [3.05, 3.63) is 65.5 Å². The molecule has 9 heteroatoms. The van der Waals surface area contributed by atoms with Crippen molar-refractivity contribution in [1.29, 1.82) is 0 Å². The van der Waals surface area contributed by atoms with Gasteiger partial charge in [0.25, 0.3) is 11.8 Å². The minimum atomic E-state index is -1.07. The summed E-state index contributed by atoms with van der Waals surface area (Å²) in [6, 6.07) is 6.27. The lowest BCUT2D eigenvalue weighted by atomic mass is 10.0. The van der Waals surface area contributed by atoms with Gasteiger partial charge in [-0.2, -0.15) is 0 Å². The van der Waals surface area contributed by atoms with Gasteiger partial charge in [0.15, 0.2) is 6.61 Å². The van der Waals surface area contributed by atoms with E-state index in [-0.39, 0.29) is 17.2 Å². The molecule has 2 rings (SSSR count). The lowest BCUT2D eigenvalue weighted by molar-refractivity contribution is -0.150. The summed E-state index contributed by atoms with van der Waals surface area (Å²) in [5, 5.41) is 4.62. The van der Waals surface area contributed by atoms with Gasteiger partial charge in [0.05, 0.1) is 5.69 Å². The Bertz CT molecular complexity index is 901. The molecule has 0 aliphatic rings. The van der Waals surface area contributed by atoms with Crippen LogP contribution >= 0.6 is 0 Å². The number of anilines is 1. The highest BCUT2D eigenvalue weighted by molar-refractivity contribution is 5.97. The van der Waals surface area contributed by atoms with Gasteiger partial charge in [0, 0.05) is 11.6 Å². The van der Waals surface area contributed by atoms with Gasteiger partial charge in [-0.3, -0.25) is 9.59 Å². The van der Waals surface area contributed by atoms with Gasteiger partial charge < -0.3 is 15.4 Å². The fourth-order valence-corrected chi connectivity index (χ4v) is 2.33. The molecular formula is C20H19F3N2O4. The van der Waals surface area contributed by atoms with E-state index in [0.717, 1.165) is 24.3 Å². The molecule has 0 aromatic heterocycles. The van der Waals surface area contributed by atoms with E-state index in [2.05, 4.69) is 10.6 Å². The van der Waals surface area contributed by atoms with E-state index >= 15 is 0 Å². The Morgan fingerprint density at radius 3 is 2.17 bits per heavy atom. The summed E-state index contributed by atoms with van der Waals surface area (Å²) in [4.78, 5) is 36.4. The molecule has 154 valence electrons. The second-order valence-electron chi connectivity index (χ2n) is 6.48. The normalized spacial score (nSPS) is 11.7. The molecule has 0 radical (unpaired) electrons. The molecule has 0 spiro atoms. The van der Waals surface area contributed by atoms with E-state index in [0.29, 0.717) is 6.07 Å². The third-order valence-corrected chi connectivity index (χ3v) is 3.86. The molecule has 2 aromatic rings. The highest BCUT2D eigenvalue weighted by atomic mass is 19.1. The molecule has 2 N–H and O–H groups in total. The van der Waals surface area contributed by atoms with Gasteiger partial charge in [0.1, 0.15) is 23.5 Å². The fraction of sp³-hybridized carbons (Fsp3) is 0.250. The number of esters is 1. The molecule has 0 heterocycles. The molecule has 2 aromatic carbocycles. The van der Waals surface area contributed by atoms with Crippen molar-refractivity contribution < 1.29 is 32.3 Å². The minimum absolute atomic E-state index is 0.148. The average Bonchev–Trinajstić information content (AvgIpc) is 2.66. The molecule has 0 unspecified atom stereocenters. The first-order valence-electron chi connectivity index (χ1n) is 8.65. The van der Waals surface area contributed by atoms with E-state index in [4.69, 9.17) is 4.74 Å². The van der Waals surface area contributed by atoms with Crippen LogP contribution in [0, 0.1) is 23.4 Å². The lowest BCUT2D eigenvalue weighted by Crippen LogP contribution is -2.45. The summed E-state index contributed by atoms with van der Waals surface area (Å²) in [5.74, 6) is -4.98. The van der Waals surface area contributed by atoms with Gasteiger partial charge in [0.2, 0.25) is 0 Å². The predicted molar refractivity (Wildman–Crippen MR) is 98.4 cm³/mol. The topological polar surface area (TPSA) is 84.5 Å². The van der Waals surface area contributed by atoms with Gasteiger partial charge >= 0.3 is 5.97 Å². The van der Waals surface area contributed by atoms with E-state index in [1.807, 2.05) is 0 Å². The van der Waals surface area contributed by atoms with Crippen LogP contribution in [0.5, 0.6) is 0 Å². The van der Waals surface area contributed by atoms with Gasteiger partial charge in [-0.1, -0.05) is 13.8 Å². The fourth-order valence-electron chi connectivity index (χ4n) is 2.33. The number of hydrogen-bond donors (Lipinski definition) is 2. The quantitative estimate of drug-likeness (QED) is 0.690. The third-order valence-electron chi connectivity index (χ3n) is 3.86. The summed E-state index contributed by atoms with van der Waals surface area (Å²) in [5.41, 5.74) is -0.119. The molecular weight excluding hydrogens is 389 g/mol. The zero-order valence-electron chi connectivity index (χ0n) is 15.7. The first-order chi connectivity index (χ1) is 13.7. The largest absolute Gasteiger partial charge is 0.454 e. The zero-order chi connectivity index (χ0) is 21.6. The highest BCUT2D eigenvalue weighted by Gasteiger charge is 2.27. The molecule has 0 saturated carbocycles. The number of halogens is 3. The van der Waals surface area contributed by atoms with Crippen LogP contribution in [-0.4, -0.2) is 30.4 Å². The second kappa shape index (κ2) is 9.72. The predicted octanol–water partition coefficient (Wildman–Crippen LogP) is 3.04. The standard InChI is InChI=1S/C20H19F3N2O4/c1-11(2)18(25-19(27)12-3-5-13(21)6-4-12)20(28)29-10-17(26)24-16-8-7-14(22)9-15(16)23/h3-9,11,18H,10H2,1-2H3,(H,24,26)(H,25,27)/t18-/m0/s1. The third kappa shape index (κ3) is 6.34. The maximum absolute atomic E-state index is 13.5. The number of nitrogens with one attached hydrogen (secondary N) is 2. The van der Waals surface area contributed by atoms with Crippen molar-refractivity contribution in [3.8, 4) is 0 Å². The van der Waals surface area contributed by atoms with Crippen LogP contribution in [0.4, 0.5) is 18.9 Å². The summed E-state index contributed by atoms with van der Waals surface area (Å²) >= 11 is 0. The maximum Gasteiger partial charge on any atom is 0.329 e. The van der Waals surface area contributed by atoms with Crippen molar-refractivity contribution >= 4 is 23.5 Å². The van der Waals surface area contributed by atoms with Crippen LogP contribution in [0.15, 0.2) is 42.5 Å². The zero-order valence-corrected chi connectivity index (χ0v) is 15.7. The Morgan fingerprint density at radius 2 is 1.59 bits per heavy atom. The SMILES string of the molecule is CC(C)[C@H](NC(=O)c1ccc(F)cc1)C(=O)OCC(=O)Nc1ccc(F)cc1F. The highest BCUT2D eigenvalue weighted by Crippen LogP contribution is 2.15. The van der Waals surface area contributed by atoms with Crippen molar-refractivity contribution in [2.45, 2.75) is 19.9 Å². The number of benzene rings is 2. The van der Waals surface area contributed by atoms with E-state index in [9.17, 15) is 27.6 Å². The van der Waals surface area contributed by atoms with E-state index in [1.165, 1.54) is 12.1 Å². The maximum atomic E-state index is 13.5. The van der Waals surface area contributed by atoms with Crippen molar-refractivity contribution in [1.82, 2.24) is 5.32 Å². The van der Waals surface area contributed by atoms with Gasteiger partial charge in [-0.25, -0.2) is 18.0 Å². The second-order valence-corrected chi connectivity index (χ2v) is 6.48. The van der Waals surface area contributed by atoms with Crippen molar-refractivity contribution in [3.63, 3.8) is 0 Å². The van der Waals surface area contributed by atoms with Crippen LogP contribution in [0.1, 0.15) is 24.2 Å². The van der Waals surface area contributed by atoms with Crippen LogP contribution in [0.2, 0.25) is 0 Å². The van der Waals surface area contributed by atoms with Gasteiger partial charge in [-0.15, -0.1) is 0 Å². The average molecular weight is 408 g/mol. The summed E-state index contributed by atoms with van der Waals surface area (Å²) in [6.45, 7) is 2.58. The first kappa shape index (κ1) is 21.9. The Kier molecular flexibility index (Phi) is 7.35. The first-order valence-corrected chi connectivity index (χ1v) is 8.65. The number of hydrogen-bond acceptors (Lipinski definition) is 4. The molecule has 6 nitrogen and oxygen atoms in total. The van der Waals surface area contributed by atoms with E-state index < -0.39 is 47.9 Å². The van der Waals surface area contributed by atoms with Gasteiger partial charge in [-0.05, 0) is 42.3 Å². The van der Waals surface area contributed by atoms with Crippen LogP contribution in [0.3, 0.4) is 0 Å². The van der Waals surface area contributed by atoms with Crippen LogP contribution < -0.4 is 10.6 Å². The number of amides is 2. The number of ether oxygens (including phenoxy) is 1. The smallest absolute Gasteiger partial charge is 0.329 e. The molecule has 0 aliphatic carbocycles. The molecule has 2 amide bonds. The molecule has 0 fully saturated rings. The van der Waals surface area contributed by atoms with Crippen LogP contribution in [-0.2, 0) is 14.3 Å². The number of rotatable bonds is 7.